The lowest BCUT2D eigenvalue weighted by Gasteiger charge is -2.46. The molecule has 1 aromatic carbocycles. The van der Waals surface area contributed by atoms with Crippen molar-refractivity contribution < 1.29 is 13.7 Å². The number of nitrogens with one attached hydrogen (secondary N) is 2. The Morgan fingerprint density at radius 1 is 1.17 bits per heavy atom. The highest BCUT2D eigenvalue weighted by Crippen LogP contribution is 2.53. The number of rotatable bonds is 5. The van der Waals surface area contributed by atoms with Crippen LogP contribution in [0.4, 0.5) is 29.1 Å². The lowest BCUT2D eigenvalue weighted by molar-refractivity contribution is -0.0893. The Morgan fingerprint density at radius 2 is 2.00 bits per heavy atom. The van der Waals surface area contributed by atoms with E-state index < -0.39 is 9.73 Å². The van der Waals surface area contributed by atoms with Crippen molar-refractivity contribution in [3.05, 3.63) is 59.3 Å². The zero-order valence-corrected chi connectivity index (χ0v) is 25.4. The molecule has 11 heteroatoms. The van der Waals surface area contributed by atoms with E-state index in [2.05, 4.69) is 65.8 Å². The molecule has 3 aliphatic rings. The van der Waals surface area contributed by atoms with Gasteiger partial charge in [-0.2, -0.15) is 9.35 Å². The molecule has 0 aliphatic carbocycles. The average Bonchev–Trinajstić information content (AvgIpc) is 3.15. The standard InChI is InChI=1S/C30H39N7O3S/c1-19-14-20(10-11-21(19)23-17-39-13-12-31-23)33-28-32-16-22-27(35-28)37(24-15-29(2,3)40-18-30(22,24)4)26-9-7-8-25(34-26)36-41(5,6)38/h7-11,14,16,23-24,31H,12-13,15,17-18H2,1-6H3,(H,32,33,35)/t23-,24-,30-/m0/s1. The van der Waals surface area contributed by atoms with Gasteiger partial charge < -0.3 is 25.0 Å². The summed E-state index contributed by atoms with van der Waals surface area (Å²) in [6, 6.07) is 12.2. The second-order valence-corrected chi connectivity index (χ2v) is 14.9. The first-order valence-corrected chi connectivity index (χ1v) is 16.4. The number of aromatic nitrogens is 3. The summed E-state index contributed by atoms with van der Waals surface area (Å²) in [7, 11) is -2.36. The molecule has 0 amide bonds. The molecule has 2 N–H and O–H groups in total. The summed E-state index contributed by atoms with van der Waals surface area (Å²) in [4.78, 5) is 16.8. The molecule has 0 bridgehead atoms. The van der Waals surface area contributed by atoms with E-state index in [4.69, 9.17) is 24.4 Å². The van der Waals surface area contributed by atoms with Crippen molar-refractivity contribution in [3.63, 3.8) is 0 Å². The van der Waals surface area contributed by atoms with Crippen LogP contribution in [0.15, 0.2) is 47.0 Å². The van der Waals surface area contributed by atoms with Crippen molar-refractivity contribution >= 4 is 38.8 Å². The molecule has 218 valence electrons. The summed E-state index contributed by atoms with van der Waals surface area (Å²) >= 11 is 0. The zero-order chi connectivity index (χ0) is 29.0. The fourth-order valence-electron chi connectivity index (χ4n) is 6.12. The third-order valence-corrected chi connectivity index (χ3v) is 8.84. The summed E-state index contributed by atoms with van der Waals surface area (Å²) in [6.45, 7) is 11.4. The molecule has 0 spiro atoms. The number of fused-ring (bicyclic) bond motifs is 3. The van der Waals surface area contributed by atoms with E-state index in [-0.39, 0.29) is 23.1 Å². The number of aryl methyl sites for hydroxylation is 1. The molecule has 0 saturated carbocycles. The fraction of sp³-hybridized carbons (Fsp3) is 0.500. The van der Waals surface area contributed by atoms with Crippen molar-refractivity contribution in [2.45, 2.75) is 57.2 Å². The lowest BCUT2D eigenvalue weighted by atomic mass is 9.73. The van der Waals surface area contributed by atoms with Gasteiger partial charge in [-0.15, -0.1) is 0 Å². The molecule has 2 aromatic heterocycles. The summed E-state index contributed by atoms with van der Waals surface area (Å²) < 4.78 is 28.8. The normalized spacial score (nSPS) is 25.4. The predicted octanol–water partition coefficient (Wildman–Crippen LogP) is 4.92. The number of nitrogens with zero attached hydrogens (tertiary/aromatic N) is 5. The monoisotopic (exact) mass is 577 g/mol. The van der Waals surface area contributed by atoms with Crippen molar-refractivity contribution in [2.75, 3.05) is 49.1 Å². The molecule has 41 heavy (non-hydrogen) atoms. The summed E-state index contributed by atoms with van der Waals surface area (Å²) in [5.74, 6) is 2.47. The van der Waals surface area contributed by atoms with Gasteiger partial charge in [0.05, 0.1) is 37.5 Å². The number of ether oxygens (including phenoxy) is 2. The summed E-state index contributed by atoms with van der Waals surface area (Å²) in [6.07, 6.45) is 5.93. The van der Waals surface area contributed by atoms with Gasteiger partial charge >= 0.3 is 0 Å². The summed E-state index contributed by atoms with van der Waals surface area (Å²) in [5, 5.41) is 6.95. The van der Waals surface area contributed by atoms with Crippen LogP contribution < -0.4 is 15.5 Å². The zero-order valence-electron chi connectivity index (χ0n) is 24.6. The Labute approximate surface area is 242 Å². The minimum atomic E-state index is -2.36. The number of morpholine rings is 1. The quantitative estimate of drug-likeness (QED) is 0.436. The van der Waals surface area contributed by atoms with Crippen molar-refractivity contribution in [3.8, 4) is 0 Å². The maximum Gasteiger partial charge on any atom is 0.229 e. The first kappa shape index (κ1) is 28.0. The maximum absolute atomic E-state index is 12.4. The molecular weight excluding hydrogens is 538 g/mol. The first-order valence-electron chi connectivity index (χ1n) is 14.1. The van der Waals surface area contributed by atoms with Gasteiger partial charge in [-0.05, 0) is 62.6 Å². The minimum Gasteiger partial charge on any atom is -0.378 e. The average molecular weight is 578 g/mol. The van der Waals surface area contributed by atoms with Gasteiger partial charge in [0.2, 0.25) is 5.95 Å². The molecule has 2 saturated heterocycles. The van der Waals surface area contributed by atoms with Crippen molar-refractivity contribution in [1.29, 1.82) is 0 Å². The number of anilines is 4. The second kappa shape index (κ2) is 10.3. The van der Waals surface area contributed by atoms with E-state index in [0.29, 0.717) is 25.0 Å². The number of benzene rings is 1. The molecular formula is C30H39N7O3S. The number of hydrogen-bond acceptors (Lipinski definition) is 10. The van der Waals surface area contributed by atoms with Crippen molar-refractivity contribution in [2.24, 2.45) is 4.36 Å². The van der Waals surface area contributed by atoms with Gasteiger partial charge in [0.25, 0.3) is 0 Å². The topological polar surface area (TPSA) is 114 Å². The van der Waals surface area contributed by atoms with E-state index in [0.717, 1.165) is 42.5 Å². The molecule has 5 heterocycles. The summed E-state index contributed by atoms with van der Waals surface area (Å²) in [5.41, 5.74) is 3.72. The molecule has 6 rings (SSSR count). The molecule has 3 atom stereocenters. The van der Waals surface area contributed by atoms with E-state index in [1.165, 1.54) is 11.1 Å². The van der Waals surface area contributed by atoms with Crippen LogP contribution in [0, 0.1) is 6.92 Å². The van der Waals surface area contributed by atoms with Crippen LogP contribution in [0.5, 0.6) is 0 Å². The predicted molar refractivity (Wildman–Crippen MR) is 162 cm³/mol. The van der Waals surface area contributed by atoms with Gasteiger partial charge in [0.15, 0.2) is 5.82 Å². The first-order chi connectivity index (χ1) is 19.4. The third kappa shape index (κ3) is 5.55. The molecule has 0 unspecified atom stereocenters. The van der Waals surface area contributed by atoms with Gasteiger partial charge in [-0.1, -0.05) is 19.1 Å². The largest absolute Gasteiger partial charge is 0.378 e. The molecule has 3 aliphatic heterocycles. The number of pyridine rings is 1. The van der Waals surface area contributed by atoms with Crippen molar-refractivity contribution in [1.82, 2.24) is 20.3 Å². The van der Waals surface area contributed by atoms with Crippen LogP contribution in [0.3, 0.4) is 0 Å². The Hall–Kier alpha value is -3.12. The van der Waals surface area contributed by atoms with E-state index in [9.17, 15) is 4.21 Å². The number of hydrogen-bond donors (Lipinski definition) is 2. The molecule has 3 aromatic rings. The van der Waals surface area contributed by atoms with Crippen LogP contribution in [-0.2, 0) is 24.6 Å². The molecule has 0 radical (unpaired) electrons. The van der Waals surface area contributed by atoms with Gasteiger partial charge in [-0.3, -0.25) is 0 Å². The smallest absolute Gasteiger partial charge is 0.229 e. The third-order valence-electron chi connectivity index (χ3n) is 8.21. The highest BCUT2D eigenvalue weighted by atomic mass is 32.2. The minimum absolute atomic E-state index is 0.0490. The SMILES string of the molecule is Cc1cc(Nc2ncc3c(n2)N(c2cccc(N=S(C)(C)=O)n2)[C@H]2CC(C)(C)OC[C@@]32C)ccc1[C@@H]1COCCN1. The van der Waals surface area contributed by atoms with Gasteiger partial charge in [-0.25, -0.2) is 14.2 Å². The van der Waals surface area contributed by atoms with Crippen LogP contribution in [0.1, 0.15) is 49.9 Å². The molecule has 2 fully saturated rings. The van der Waals surface area contributed by atoms with Gasteiger partial charge in [0.1, 0.15) is 11.6 Å². The van der Waals surface area contributed by atoms with E-state index in [1.54, 1.807) is 18.6 Å². The Balaban J connectivity index is 1.37. The Morgan fingerprint density at radius 3 is 2.73 bits per heavy atom. The van der Waals surface area contributed by atoms with E-state index in [1.807, 2.05) is 18.3 Å². The van der Waals surface area contributed by atoms with Crippen LogP contribution in [0.25, 0.3) is 0 Å². The molecule has 10 nitrogen and oxygen atoms in total. The van der Waals surface area contributed by atoms with Crippen LogP contribution >= 0.6 is 0 Å². The Bertz CT molecular complexity index is 1590. The highest BCUT2D eigenvalue weighted by molar-refractivity contribution is 7.92. The fourth-order valence-corrected chi connectivity index (χ4v) is 6.67. The Kier molecular flexibility index (Phi) is 7.04. The van der Waals surface area contributed by atoms with Crippen LogP contribution in [-0.4, -0.2) is 69.7 Å². The second-order valence-electron chi connectivity index (χ2n) is 12.4. The maximum atomic E-state index is 12.4. The van der Waals surface area contributed by atoms with Crippen LogP contribution in [0.2, 0.25) is 0 Å². The highest BCUT2D eigenvalue weighted by Gasteiger charge is 2.55. The van der Waals surface area contributed by atoms with E-state index >= 15 is 0 Å². The lowest BCUT2D eigenvalue weighted by Crippen LogP contribution is -2.54. The van der Waals surface area contributed by atoms with Gasteiger partial charge in [0, 0.05) is 51.6 Å².